The summed E-state index contributed by atoms with van der Waals surface area (Å²) in [6.45, 7) is 9.10. The SMILES string of the molecule is CCNC(=NCC1(O)CCSC1)NC1CCN(C(=O)C(CC)CC)CC1.I. The molecule has 158 valence electrons. The van der Waals surface area contributed by atoms with Crippen molar-refractivity contribution >= 4 is 47.6 Å². The second-order valence-corrected chi connectivity index (χ2v) is 8.58. The number of aliphatic imine (C=N–C) groups is 1. The van der Waals surface area contributed by atoms with Crippen LogP contribution in [0.2, 0.25) is 0 Å². The van der Waals surface area contributed by atoms with Crippen LogP contribution in [0.15, 0.2) is 4.99 Å². The van der Waals surface area contributed by atoms with Gasteiger partial charge in [0.05, 0.1) is 12.1 Å². The van der Waals surface area contributed by atoms with E-state index >= 15 is 0 Å². The maximum Gasteiger partial charge on any atom is 0.225 e. The number of amides is 1. The van der Waals surface area contributed by atoms with Gasteiger partial charge in [-0.25, -0.2) is 0 Å². The zero-order valence-corrected chi connectivity index (χ0v) is 20.1. The van der Waals surface area contributed by atoms with E-state index in [1.54, 1.807) is 11.8 Å². The van der Waals surface area contributed by atoms with Gasteiger partial charge in [0.15, 0.2) is 5.96 Å². The van der Waals surface area contributed by atoms with Crippen molar-refractivity contribution in [2.75, 3.05) is 37.7 Å². The number of guanidine groups is 1. The molecule has 3 N–H and O–H groups in total. The van der Waals surface area contributed by atoms with Crippen molar-refractivity contribution in [1.82, 2.24) is 15.5 Å². The molecule has 2 saturated heterocycles. The number of aliphatic hydroxyl groups is 1. The largest absolute Gasteiger partial charge is 0.387 e. The summed E-state index contributed by atoms with van der Waals surface area (Å²) in [7, 11) is 0. The molecule has 0 spiro atoms. The minimum absolute atomic E-state index is 0. The van der Waals surface area contributed by atoms with E-state index in [0.717, 1.165) is 69.2 Å². The Labute approximate surface area is 185 Å². The number of carbonyl (C=O) groups excluding carboxylic acids is 1. The van der Waals surface area contributed by atoms with Crippen LogP contribution in [-0.4, -0.2) is 71.2 Å². The van der Waals surface area contributed by atoms with Gasteiger partial charge in [0.2, 0.25) is 5.91 Å². The number of nitrogens with one attached hydrogen (secondary N) is 2. The number of hydrogen-bond acceptors (Lipinski definition) is 4. The zero-order valence-electron chi connectivity index (χ0n) is 17.0. The molecule has 2 aliphatic heterocycles. The molecule has 6 nitrogen and oxygen atoms in total. The molecule has 1 unspecified atom stereocenters. The Balaban J connectivity index is 0.00000364. The molecule has 0 aliphatic carbocycles. The number of carbonyl (C=O) groups is 1. The van der Waals surface area contributed by atoms with Crippen molar-refractivity contribution in [1.29, 1.82) is 0 Å². The quantitative estimate of drug-likeness (QED) is 0.278. The van der Waals surface area contributed by atoms with E-state index in [1.807, 2.05) is 11.8 Å². The van der Waals surface area contributed by atoms with Crippen LogP contribution in [0.1, 0.15) is 52.9 Å². The standard InChI is InChI=1S/C19H36N4O2S.HI/c1-4-15(5-2)17(24)23-10-7-16(8-11-23)22-18(20-6-3)21-13-19(25)9-12-26-14-19;/h15-16,25H,4-14H2,1-3H3,(H2,20,21,22);1H. The summed E-state index contributed by atoms with van der Waals surface area (Å²) in [5.74, 6) is 3.05. The third-order valence-electron chi connectivity index (χ3n) is 5.44. The molecule has 0 aromatic heterocycles. The fourth-order valence-corrected chi connectivity index (χ4v) is 4.89. The van der Waals surface area contributed by atoms with E-state index in [9.17, 15) is 9.90 Å². The fraction of sp³-hybridized carbons (Fsp3) is 0.895. The van der Waals surface area contributed by atoms with Gasteiger partial charge in [-0.1, -0.05) is 13.8 Å². The van der Waals surface area contributed by atoms with Crippen LogP contribution >= 0.6 is 35.7 Å². The van der Waals surface area contributed by atoms with E-state index in [1.165, 1.54) is 0 Å². The summed E-state index contributed by atoms with van der Waals surface area (Å²) >= 11 is 1.79. The van der Waals surface area contributed by atoms with Gasteiger partial charge in [0.1, 0.15) is 0 Å². The molecule has 2 aliphatic rings. The molecule has 1 atom stereocenters. The Kier molecular flexibility index (Phi) is 11.4. The highest BCUT2D eigenvalue weighted by Gasteiger charge is 2.32. The van der Waals surface area contributed by atoms with Crippen molar-refractivity contribution in [3.63, 3.8) is 0 Å². The minimum Gasteiger partial charge on any atom is -0.387 e. The third-order valence-corrected chi connectivity index (χ3v) is 6.67. The topological polar surface area (TPSA) is 77.0 Å². The molecule has 2 rings (SSSR count). The molecule has 0 radical (unpaired) electrons. The molecule has 1 amide bonds. The summed E-state index contributed by atoms with van der Waals surface area (Å²) < 4.78 is 0. The van der Waals surface area contributed by atoms with Crippen LogP contribution in [0.3, 0.4) is 0 Å². The first-order valence-corrected chi connectivity index (χ1v) is 11.3. The summed E-state index contributed by atoms with van der Waals surface area (Å²) in [6, 6.07) is 0.325. The summed E-state index contributed by atoms with van der Waals surface area (Å²) in [5, 5.41) is 17.3. The summed E-state index contributed by atoms with van der Waals surface area (Å²) in [4.78, 5) is 19.2. The van der Waals surface area contributed by atoms with Gasteiger partial charge in [-0.15, -0.1) is 24.0 Å². The van der Waals surface area contributed by atoms with E-state index in [2.05, 4.69) is 29.5 Å². The number of piperidine rings is 1. The third kappa shape index (κ3) is 7.61. The van der Waals surface area contributed by atoms with Crippen molar-refractivity contribution in [3.05, 3.63) is 0 Å². The number of halogens is 1. The number of likely N-dealkylation sites (tertiary alicyclic amines) is 1. The van der Waals surface area contributed by atoms with Crippen LogP contribution < -0.4 is 10.6 Å². The lowest BCUT2D eigenvalue weighted by molar-refractivity contribution is -0.136. The second-order valence-electron chi connectivity index (χ2n) is 7.48. The van der Waals surface area contributed by atoms with Gasteiger partial charge in [0, 0.05) is 37.3 Å². The first-order chi connectivity index (χ1) is 12.5. The van der Waals surface area contributed by atoms with Gasteiger partial charge in [-0.2, -0.15) is 11.8 Å². The molecule has 0 aromatic rings. The number of thioether (sulfide) groups is 1. The predicted octanol–water partition coefficient (Wildman–Crippen LogP) is 2.45. The van der Waals surface area contributed by atoms with Gasteiger partial charge in [0.25, 0.3) is 0 Å². The van der Waals surface area contributed by atoms with E-state index in [0.29, 0.717) is 18.5 Å². The summed E-state index contributed by atoms with van der Waals surface area (Å²) in [6.07, 6.45) is 4.54. The second kappa shape index (κ2) is 12.4. The van der Waals surface area contributed by atoms with E-state index in [4.69, 9.17) is 0 Å². The Morgan fingerprint density at radius 1 is 1.30 bits per heavy atom. The molecule has 0 bridgehead atoms. The zero-order chi connectivity index (χ0) is 19.0. The van der Waals surface area contributed by atoms with Crippen LogP contribution in [0, 0.1) is 5.92 Å². The van der Waals surface area contributed by atoms with Gasteiger partial charge >= 0.3 is 0 Å². The van der Waals surface area contributed by atoms with Gasteiger partial charge < -0.3 is 20.6 Å². The molecular formula is C19H37IN4O2S. The Morgan fingerprint density at radius 2 is 1.96 bits per heavy atom. The molecule has 0 saturated carbocycles. The van der Waals surface area contributed by atoms with Crippen molar-refractivity contribution in [2.45, 2.75) is 64.5 Å². The first-order valence-electron chi connectivity index (χ1n) is 10.1. The lowest BCUT2D eigenvalue weighted by Crippen LogP contribution is -2.51. The average Bonchev–Trinajstić information content (AvgIpc) is 3.08. The smallest absolute Gasteiger partial charge is 0.225 e. The predicted molar refractivity (Wildman–Crippen MR) is 125 cm³/mol. The average molecular weight is 513 g/mol. The normalized spacial score (nSPS) is 24.0. The van der Waals surface area contributed by atoms with Gasteiger partial charge in [-0.05, 0) is 44.8 Å². The Bertz CT molecular complexity index is 474. The summed E-state index contributed by atoms with van der Waals surface area (Å²) in [5.41, 5.74) is -0.655. The van der Waals surface area contributed by atoms with Crippen LogP contribution in [0.25, 0.3) is 0 Å². The van der Waals surface area contributed by atoms with Crippen molar-refractivity contribution < 1.29 is 9.90 Å². The van der Waals surface area contributed by atoms with E-state index in [-0.39, 0.29) is 29.9 Å². The molecule has 2 heterocycles. The molecule has 0 aromatic carbocycles. The highest BCUT2D eigenvalue weighted by atomic mass is 127. The maximum absolute atomic E-state index is 12.5. The Morgan fingerprint density at radius 3 is 2.48 bits per heavy atom. The molecule has 27 heavy (non-hydrogen) atoms. The Hall–Kier alpha value is -0.220. The monoisotopic (exact) mass is 512 g/mol. The lowest BCUT2D eigenvalue weighted by atomic mass is 9.98. The fourth-order valence-electron chi connectivity index (χ4n) is 3.60. The number of nitrogens with zero attached hydrogens (tertiary/aromatic N) is 2. The van der Waals surface area contributed by atoms with Crippen molar-refractivity contribution in [2.24, 2.45) is 10.9 Å². The van der Waals surface area contributed by atoms with Crippen LogP contribution in [-0.2, 0) is 4.79 Å². The molecule has 2 fully saturated rings. The molecular weight excluding hydrogens is 475 g/mol. The number of hydrogen-bond donors (Lipinski definition) is 3. The van der Waals surface area contributed by atoms with E-state index < -0.39 is 5.60 Å². The first kappa shape index (κ1) is 24.8. The highest BCUT2D eigenvalue weighted by molar-refractivity contribution is 14.0. The molecule has 8 heteroatoms. The van der Waals surface area contributed by atoms with Crippen LogP contribution in [0.4, 0.5) is 0 Å². The lowest BCUT2D eigenvalue weighted by Gasteiger charge is -2.35. The number of rotatable bonds is 7. The minimum atomic E-state index is -0.655. The van der Waals surface area contributed by atoms with Crippen LogP contribution in [0.5, 0.6) is 0 Å². The van der Waals surface area contributed by atoms with Crippen molar-refractivity contribution in [3.8, 4) is 0 Å². The maximum atomic E-state index is 12.5. The highest BCUT2D eigenvalue weighted by Crippen LogP contribution is 2.27. The van der Waals surface area contributed by atoms with Gasteiger partial charge in [-0.3, -0.25) is 9.79 Å².